The lowest BCUT2D eigenvalue weighted by molar-refractivity contribution is -0.121. The Morgan fingerprint density at radius 3 is 2.50 bits per heavy atom. The van der Waals surface area contributed by atoms with E-state index < -0.39 is 34.9 Å². The van der Waals surface area contributed by atoms with Crippen LogP contribution in [0.1, 0.15) is 23.7 Å². The molecule has 1 unspecified atom stereocenters. The Labute approximate surface area is 90.1 Å². The summed E-state index contributed by atoms with van der Waals surface area (Å²) in [7, 11) is 0. The molecule has 0 aliphatic rings. The Kier molecular flexibility index (Phi) is 3.82. The van der Waals surface area contributed by atoms with Crippen LogP contribution in [-0.4, -0.2) is 17.7 Å². The van der Waals surface area contributed by atoms with Crippen LogP contribution < -0.4 is 0 Å². The maximum absolute atomic E-state index is 13.2. The number of alkyl halides is 1. The molecule has 1 atom stereocenters. The summed E-state index contributed by atoms with van der Waals surface area (Å²) < 4.78 is 39.1. The minimum absolute atomic E-state index is 0.177. The second-order valence-electron chi connectivity index (χ2n) is 3.15. The molecule has 0 aliphatic carbocycles. The van der Waals surface area contributed by atoms with Gasteiger partial charge in [-0.1, -0.05) is 13.0 Å². The third-order valence-electron chi connectivity index (χ3n) is 2.08. The quantitative estimate of drug-likeness (QED) is 0.588. The molecule has 0 radical (unpaired) electrons. The van der Waals surface area contributed by atoms with E-state index in [1.165, 1.54) is 6.92 Å². The Morgan fingerprint density at radius 1 is 1.31 bits per heavy atom. The summed E-state index contributed by atoms with van der Waals surface area (Å²) >= 11 is 0. The molecule has 5 heteroatoms. The van der Waals surface area contributed by atoms with Crippen molar-refractivity contribution in [2.45, 2.75) is 19.5 Å². The zero-order valence-electron chi connectivity index (χ0n) is 8.47. The van der Waals surface area contributed by atoms with Crippen molar-refractivity contribution in [1.29, 1.82) is 0 Å². The summed E-state index contributed by atoms with van der Waals surface area (Å²) in [6.07, 6.45) is -2.61. The van der Waals surface area contributed by atoms with Crippen molar-refractivity contribution < 1.29 is 22.8 Å². The standard InChI is InChI=1S/C11H9F3O2/c1-2-8(15)10(14)11(16)6-4-3-5-7(12)9(6)13/h3-5,10H,2H2,1H3. The van der Waals surface area contributed by atoms with Crippen LogP contribution in [0, 0.1) is 11.6 Å². The van der Waals surface area contributed by atoms with Crippen LogP contribution in [0.5, 0.6) is 0 Å². The number of Topliss-reactive ketones (excluding diaryl/α,β-unsaturated/α-hetero) is 2. The topological polar surface area (TPSA) is 34.1 Å². The van der Waals surface area contributed by atoms with E-state index in [-0.39, 0.29) is 6.42 Å². The molecule has 0 bridgehead atoms. The summed E-state index contributed by atoms with van der Waals surface area (Å²) in [5.74, 6) is -4.97. The fourth-order valence-corrected chi connectivity index (χ4v) is 1.16. The average Bonchev–Trinajstić information content (AvgIpc) is 2.29. The molecule has 1 aromatic carbocycles. The Hall–Kier alpha value is -1.65. The highest BCUT2D eigenvalue weighted by Crippen LogP contribution is 2.15. The first-order valence-electron chi connectivity index (χ1n) is 4.64. The molecule has 0 fully saturated rings. The summed E-state index contributed by atoms with van der Waals surface area (Å²) in [4.78, 5) is 22.2. The minimum atomic E-state index is -2.43. The van der Waals surface area contributed by atoms with Gasteiger partial charge in [-0.25, -0.2) is 13.2 Å². The van der Waals surface area contributed by atoms with E-state index >= 15 is 0 Å². The van der Waals surface area contributed by atoms with Gasteiger partial charge in [-0.3, -0.25) is 9.59 Å². The first-order valence-corrected chi connectivity index (χ1v) is 4.64. The summed E-state index contributed by atoms with van der Waals surface area (Å²) in [5.41, 5.74) is -0.741. The first-order chi connectivity index (χ1) is 7.49. The van der Waals surface area contributed by atoms with Gasteiger partial charge in [-0.15, -0.1) is 0 Å². The van der Waals surface area contributed by atoms with E-state index in [4.69, 9.17) is 0 Å². The number of benzene rings is 1. The number of halogens is 3. The third kappa shape index (κ3) is 2.29. The Morgan fingerprint density at radius 2 is 1.94 bits per heavy atom. The first kappa shape index (κ1) is 12.4. The molecular formula is C11H9F3O2. The molecule has 2 nitrogen and oxygen atoms in total. The molecule has 16 heavy (non-hydrogen) atoms. The number of ketones is 2. The minimum Gasteiger partial charge on any atom is -0.296 e. The molecule has 0 heterocycles. The zero-order chi connectivity index (χ0) is 12.3. The summed E-state index contributed by atoms with van der Waals surface area (Å²) in [6.45, 7) is 1.38. The highest BCUT2D eigenvalue weighted by molar-refractivity contribution is 6.13. The molecular weight excluding hydrogens is 221 g/mol. The monoisotopic (exact) mass is 230 g/mol. The second-order valence-corrected chi connectivity index (χ2v) is 3.15. The number of rotatable bonds is 4. The van der Waals surface area contributed by atoms with Crippen LogP contribution in [0.3, 0.4) is 0 Å². The Balaban J connectivity index is 3.06. The van der Waals surface area contributed by atoms with E-state index in [1.54, 1.807) is 0 Å². The highest BCUT2D eigenvalue weighted by Gasteiger charge is 2.28. The smallest absolute Gasteiger partial charge is 0.220 e. The molecule has 1 rings (SSSR count). The van der Waals surface area contributed by atoms with Gasteiger partial charge in [-0.2, -0.15) is 0 Å². The molecule has 0 N–H and O–H groups in total. The van der Waals surface area contributed by atoms with E-state index in [9.17, 15) is 22.8 Å². The van der Waals surface area contributed by atoms with Crippen LogP contribution in [0.25, 0.3) is 0 Å². The maximum atomic E-state index is 13.2. The van der Waals surface area contributed by atoms with E-state index in [0.717, 1.165) is 18.2 Å². The summed E-state index contributed by atoms with van der Waals surface area (Å²) in [6, 6.07) is 2.83. The van der Waals surface area contributed by atoms with Gasteiger partial charge < -0.3 is 0 Å². The summed E-state index contributed by atoms with van der Waals surface area (Å²) in [5, 5.41) is 0. The fraction of sp³-hybridized carbons (Fsp3) is 0.273. The number of carbonyl (C=O) groups excluding carboxylic acids is 2. The highest BCUT2D eigenvalue weighted by atomic mass is 19.2. The van der Waals surface area contributed by atoms with Gasteiger partial charge in [0.05, 0.1) is 5.56 Å². The lowest BCUT2D eigenvalue weighted by Crippen LogP contribution is -2.26. The fourth-order valence-electron chi connectivity index (χ4n) is 1.16. The normalized spacial score (nSPS) is 12.2. The average molecular weight is 230 g/mol. The molecule has 0 aromatic heterocycles. The van der Waals surface area contributed by atoms with Crippen LogP contribution in [-0.2, 0) is 4.79 Å². The lowest BCUT2D eigenvalue weighted by Gasteiger charge is -2.06. The van der Waals surface area contributed by atoms with Gasteiger partial charge in [0.2, 0.25) is 12.0 Å². The van der Waals surface area contributed by atoms with E-state index in [0.29, 0.717) is 0 Å². The van der Waals surface area contributed by atoms with Crippen LogP contribution >= 0.6 is 0 Å². The van der Waals surface area contributed by atoms with Gasteiger partial charge in [0.1, 0.15) is 0 Å². The Bertz CT molecular complexity index is 429. The van der Waals surface area contributed by atoms with Crippen molar-refractivity contribution in [3.05, 3.63) is 35.4 Å². The van der Waals surface area contributed by atoms with Gasteiger partial charge in [0.25, 0.3) is 0 Å². The van der Waals surface area contributed by atoms with Crippen molar-refractivity contribution in [1.82, 2.24) is 0 Å². The maximum Gasteiger partial charge on any atom is 0.220 e. The van der Waals surface area contributed by atoms with Crippen LogP contribution in [0.15, 0.2) is 18.2 Å². The van der Waals surface area contributed by atoms with Crippen molar-refractivity contribution in [3.63, 3.8) is 0 Å². The molecule has 1 aromatic rings. The largest absolute Gasteiger partial charge is 0.296 e. The van der Waals surface area contributed by atoms with E-state index in [2.05, 4.69) is 0 Å². The van der Waals surface area contributed by atoms with Crippen molar-refractivity contribution in [2.75, 3.05) is 0 Å². The number of hydrogen-bond acceptors (Lipinski definition) is 2. The molecule has 0 spiro atoms. The van der Waals surface area contributed by atoms with Crippen molar-refractivity contribution in [3.8, 4) is 0 Å². The van der Waals surface area contributed by atoms with E-state index in [1.807, 2.05) is 0 Å². The molecule has 0 saturated carbocycles. The van der Waals surface area contributed by atoms with Gasteiger partial charge >= 0.3 is 0 Å². The van der Waals surface area contributed by atoms with Crippen molar-refractivity contribution >= 4 is 11.6 Å². The predicted molar refractivity (Wildman–Crippen MR) is 50.9 cm³/mol. The van der Waals surface area contributed by atoms with Crippen molar-refractivity contribution in [2.24, 2.45) is 0 Å². The number of carbonyl (C=O) groups is 2. The van der Waals surface area contributed by atoms with Gasteiger partial charge in [0.15, 0.2) is 17.4 Å². The molecule has 0 saturated heterocycles. The zero-order valence-corrected chi connectivity index (χ0v) is 8.47. The van der Waals surface area contributed by atoms with Crippen LogP contribution in [0.2, 0.25) is 0 Å². The van der Waals surface area contributed by atoms with Gasteiger partial charge in [-0.05, 0) is 12.1 Å². The molecule has 0 aliphatic heterocycles. The second kappa shape index (κ2) is 4.92. The lowest BCUT2D eigenvalue weighted by atomic mass is 10.0. The third-order valence-corrected chi connectivity index (χ3v) is 2.08. The molecule has 86 valence electrons. The van der Waals surface area contributed by atoms with Gasteiger partial charge in [0, 0.05) is 6.42 Å². The van der Waals surface area contributed by atoms with Crippen LogP contribution in [0.4, 0.5) is 13.2 Å². The predicted octanol–water partition coefficient (Wildman–Crippen LogP) is 2.46. The molecule has 0 amide bonds. The number of hydrogen-bond donors (Lipinski definition) is 0. The SMILES string of the molecule is CCC(=O)C(F)C(=O)c1cccc(F)c1F.